The van der Waals surface area contributed by atoms with E-state index in [0.29, 0.717) is 41.2 Å². The van der Waals surface area contributed by atoms with Crippen molar-refractivity contribution >= 4 is 40.7 Å². The predicted molar refractivity (Wildman–Crippen MR) is 112 cm³/mol. The highest BCUT2D eigenvalue weighted by Gasteiger charge is 2.53. The molecule has 5 rings (SSSR count). The number of hydrogen-bond acceptors (Lipinski definition) is 5. The third-order valence-electron chi connectivity index (χ3n) is 5.94. The van der Waals surface area contributed by atoms with Crippen molar-refractivity contribution in [3.05, 3.63) is 48.0 Å². The molecule has 2 aromatic carbocycles. The number of nitrogens with one attached hydrogen (secondary N) is 2. The van der Waals surface area contributed by atoms with Crippen LogP contribution in [0.1, 0.15) is 30.1 Å². The van der Waals surface area contributed by atoms with Gasteiger partial charge in [-0.2, -0.15) is 0 Å². The molecule has 0 aliphatic carbocycles. The molecule has 158 valence electrons. The summed E-state index contributed by atoms with van der Waals surface area (Å²) in [5, 5.41) is 5.45. The van der Waals surface area contributed by atoms with E-state index in [1.165, 1.54) is 4.90 Å². The smallest absolute Gasteiger partial charge is 0.262 e. The Morgan fingerprint density at radius 2 is 2.00 bits per heavy atom. The van der Waals surface area contributed by atoms with Gasteiger partial charge in [-0.3, -0.25) is 24.1 Å². The van der Waals surface area contributed by atoms with Gasteiger partial charge in [-0.25, -0.2) is 0 Å². The number of carbonyl (C=O) groups excluding carboxylic acids is 4. The molecule has 0 bridgehead atoms. The van der Waals surface area contributed by atoms with Crippen LogP contribution in [0.4, 0.5) is 17.1 Å². The van der Waals surface area contributed by atoms with Crippen LogP contribution in [-0.2, 0) is 14.4 Å². The lowest BCUT2D eigenvalue weighted by atomic mass is 9.98. The van der Waals surface area contributed by atoms with Crippen molar-refractivity contribution in [2.45, 2.75) is 25.4 Å². The maximum absolute atomic E-state index is 13.2. The zero-order chi connectivity index (χ0) is 21.8. The number of para-hydroxylation sites is 1. The van der Waals surface area contributed by atoms with E-state index >= 15 is 0 Å². The van der Waals surface area contributed by atoms with E-state index in [4.69, 9.17) is 4.74 Å². The second-order valence-electron chi connectivity index (χ2n) is 7.95. The summed E-state index contributed by atoms with van der Waals surface area (Å²) < 4.78 is 5.32. The normalized spacial score (nSPS) is 21.6. The lowest BCUT2D eigenvalue weighted by Crippen LogP contribution is -2.63. The van der Waals surface area contributed by atoms with Gasteiger partial charge >= 0.3 is 0 Å². The molecule has 1 atom stereocenters. The minimum absolute atomic E-state index is 0.0505. The first-order chi connectivity index (χ1) is 14.9. The van der Waals surface area contributed by atoms with Crippen LogP contribution in [0.3, 0.4) is 0 Å². The van der Waals surface area contributed by atoms with Crippen LogP contribution < -0.4 is 20.3 Å². The highest BCUT2D eigenvalue weighted by Crippen LogP contribution is 2.43. The van der Waals surface area contributed by atoms with Crippen LogP contribution in [0.25, 0.3) is 0 Å². The summed E-state index contributed by atoms with van der Waals surface area (Å²) in [6.45, 7) is 1.54. The fourth-order valence-electron chi connectivity index (χ4n) is 4.45. The van der Waals surface area contributed by atoms with Crippen LogP contribution in [0.2, 0.25) is 0 Å². The molecular weight excluding hydrogens is 400 g/mol. The minimum atomic E-state index is -0.905. The Morgan fingerprint density at radius 3 is 2.84 bits per heavy atom. The molecule has 3 aliphatic rings. The Balaban J connectivity index is 1.40. The fourth-order valence-corrected chi connectivity index (χ4v) is 4.45. The highest BCUT2D eigenvalue weighted by molar-refractivity contribution is 6.11. The molecule has 9 heteroatoms. The monoisotopic (exact) mass is 420 g/mol. The van der Waals surface area contributed by atoms with E-state index < -0.39 is 11.6 Å². The van der Waals surface area contributed by atoms with Gasteiger partial charge in [-0.15, -0.1) is 0 Å². The molecule has 0 saturated carbocycles. The summed E-state index contributed by atoms with van der Waals surface area (Å²) in [7, 11) is 0. The molecule has 0 spiro atoms. The Hall–Kier alpha value is -3.88. The molecule has 3 aliphatic heterocycles. The first kappa shape index (κ1) is 19.1. The van der Waals surface area contributed by atoms with Crippen LogP contribution in [0.5, 0.6) is 5.75 Å². The number of carbonyl (C=O) groups is 4. The third kappa shape index (κ3) is 3.00. The van der Waals surface area contributed by atoms with Gasteiger partial charge in [0.2, 0.25) is 11.8 Å². The van der Waals surface area contributed by atoms with Gasteiger partial charge in [0.1, 0.15) is 18.0 Å². The van der Waals surface area contributed by atoms with E-state index in [0.717, 1.165) is 0 Å². The number of amides is 4. The van der Waals surface area contributed by atoms with Crippen molar-refractivity contribution in [2.75, 3.05) is 28.7 Å². The molecule has 4 amide bonds. The summed E-state index contributed by atoms with van der Waals surface area (Å²) in [4.78, 5) is 53.3. The summed E-state index contributed by atoms with van der Waals surface area (Å²) >= 11 is 0. The van der Waals surface area contributed by atoms with Gasteiger partial charge in [0.05, 0.1) is 16.9 Å². The molecule has 3 heterocycles. The number of hydrogen-bond donors (Lipinski definition) is 2. The van der Waals surface area contributed by atoms with Crippen molar-refractivity contribution in [2.24, 2.45) is 0 Å². The van der Waals surface area contributed by atoms with Crippen molar-refractivity contribution in [1.29, 1.82) is 0 Å². The van der Waals surface area contributed by atoms with E-state index in [2.05, 4.69) is 10.6 Å². The average Bonchev–Trinajstić information content (AvgIpc) is 3.06. The highest BCUT2D eigenvalue weighted by atomic mass is 16.5. The minimum Gasteiger partial charge on any atom is -0.482 e. The van der Waals surface area contributed by atoms with Gasteiger partial charge < -0.3 is 20.3 Å². The Kier molecular flexibility index (Phi) is 4.21. The topological polar surface area (TPSA) is 108 Å². The third-order valence-corrected chi connectivity index (χ3v) is 5.94. The van der Waals surface area contributed by atoms with Crippen molar-refractivity contribution < 1.29 is 23.9 Å². The van der Waals surface area contributed by atoms with Crippen LogP contribution in [-0.4, -0.2) is 47.3 Å². The number of rotatable bonds is 3. The zero-order valence-corrected chi connectivity index (χ0v) is 16.8. The Morgan fingerprint density at radius 1 is 1.19 bits per heavy atom. The molecule has 1 fully saturated rings. The molecule has 0 unspecified atom stereocenters. The number of nitrogens with zero attached hydrogens (tertiary/aromatic N) is 2. The van der Waals surface area contributed by atoms with Crippen molar-refractivity contribution in [3.63, 3.8) is 0 Å². The second kappa shape index (κ2) is 6.83. The zero-order valence-electron chi connectivity index (χ0n) is 16.8. The van der Waals surface area contributed by atoms with E-state index in [1.54, 1.807) is 47.4 Å². The molecule has 2 N–H and O–H groups in total. The lowest BCUT2D eigenvalue weighted by molar-refractivity contribution is -0.120. The summed E-state index contributed by atoms with van der Waals surface area (Å²) in [6, 6.07) is 11.9. The molecule has 9 nitrogen and oxygen atoms in total. The van der Waals surface area contributed by atoms with Crippen molar-refractivity contribution in [3.8, 4) is 5.75 Å². The van der Waals surface area contributed by atoms with Gasteiger partial charge in [-0.05, 0) is 43.7 Å². The maximum Gasteiger partial charge on any atom is 0.262 e. The maximum atomic E-state index is 13.2. The summed E-state index contributed by atoms with van der Waals surface area (Å²) in [6.07, 6.45) is 0.752. The second-order valence-corrected chi connectivity index (χ2v) is 7.95. The quantitative estimate of drug-likeness (QED) is 0.789. The molecule has 31 heavy (non-hydrogen) atoms. The van der Waals surface area contributed by atoms with E-state index in [9.17, 15) is 19.2 Å². The molecular formula is C22H20N4O5. The first-order valence-corrected chi connectivity index (χ1v) is 9.97. The van der Waals surface area contributed by atoms with E-state index in [-0.39, 0.29) is 30.9 Å². The Labute approximate surface area is 177 Å². The molecule has 2 aromatic rings. The first-order valence-electron chi connectivity index (χ1n) is 9.97. The van der Waals surface area contributed by atoms with Gasteiger partial charge in [0, 0.05) is 12.1 Å². The van der Waals surface area contributed by atoms with Crippen LogP contribution >= 0.6 is 0 Å². The van der Waals surface area contributed by atoms with E-state index in [1.807, 2.05) is 6.92 Å². The van der Waals surface area contributed by atoms with Gasteiger partial charge in [0.25, 0.3) is 11.8 Å². The summed E-state index contributed by atoms with van der Waals surface area (Å²) in [5.74, 6) is -0.514. The predicted octanol–water partition coefficient (Wildman–Crippen LogP) is 1.95. The fraction of sp³-hybridized carbons (Fsp3) is 0.273. The number of ether oxygens (including phenoxy) is 1. The largest absolute Gasteiger partial charge is 0.482 e. The lowest BCUT2D eigenvalue weighted by Gasteiger charge is -2.48. The van der Waals surface area contributed by atoms with Gasteiger partial charge in [0.15, 0.2) is 6.61 Å². The van der Waals surface area contributed by atoms with Crippen LogP contribution in [0.15, 0.2) is 42.5 Å². The standard InChI is InChI=1S/C22H20N4O5/c1-22-9-8-20(29)26(22)16-5-3-2-4-14(16)21(30)25(22)11-18(27)23-13-6-7-17-15(10-13)24-19(28)12-31-17/h2-7,10H,8-9,11-12H2,1H3,(H,23,27)(H,24,28)/t22-/m1/s1. The number of benzene rings is 2. The Bertz CT molecular complexity index is 1150. The summed E-state index contributed by atoms with van der Waals surface area (Å²) in [5.41, 5.74) is 1.01. The number of anilines is 3. The van der Waals surface area contributed by atoms with Crippen molar-refractivity contribution in [1.82, 2.24) is 4.90 Å². The SMILES string of the molecule is C[C@]12CCC(=O)N1c1ccccc1C(=O)N2CC(=O)Nc1ccc2c(c1)NC(=O)CO2. The average molecular weight is 420 g/mol. The molecule has 0 radical (unpaired) electrons. The number of fused-ring (bicyclic) bond motifs is 4. The molecule has 1 saturated heterocycles. The van der Waals surface area contributed by atoms with Crippen LogP contribution in [0, 0.1) is 0 Å². The van der Waals surface area contributed by atoms with Gasteiger partial charge in [-0.1, -0.05) is 12.1 Å². The molecule has 0 aromatic heterocycles.